The van der Waals surface area contributed by atoms with Gasteiger partial charge in [-0.05, 0) is 19.1 Å². The lowest BCUT2D eigenvalue weighted by molar-refractivity contribution is 0.710. The Balaban J connectivity index is 2.55. The second kappa shape index (κ2) is 4.87. The van der Waals surface area contributed by atoms with Gasteiger partial charge in [-0.15, -0.1) is 0 Å². The van der Waals surface area contributed by atoms with Crippen molar-refractivity contribution in [3.05, 3.63) is 75.6 Å². The van der Waals surface area contributed by atoms with Crippen molar-refractivity contribution in [3.63, 3.8) is 0 Å². The summed E-state index contributed by atoms with van der Waals surface area (Å²) in [4.78, 5) is 23.9. The molecule has 1 aromatic carbocycles. The van der Waals surface area contributed by atoms with Gasteiger partial charge in [-0.2, -0.15) is 0 Å². The zero-order valence-electron chi connectivity index (χ0n) is 10.2. The highest BCUT2D eigenvalue weighted by molar-refractivity contribution is 5.31. The summed E-state index contributed by atoms with van der Waals surface area (Å²) < 4.78 is 2.71. The molecule has 4 nitrogen and oxygen atoms in total. The van der Waals surface area contributed by atoms with Crippen LogP contribution in [0.25, 0.3) is 5.69 Å². The summed E-state index contributed by atoms with van der Waals surface area (Å²) >= 11 is 0. The van der Waals surface area contributed by atoms with E-state index in [1.165, 1.54) is 9.13 Å². The minimum Gasteiger partial charge on any atom is -0.305 e. The molecule has 0 atom stereocenters. The molecule has 0 aliphatic rings. The summed E-state index contributed by atoms with van der Waals surface area (Å²) in [5, 5.41) is 0. The van der Waals surface area contributed by atoms with Crippen molar-refractivity contribution in [2.24, 2.45) is 0 Å². The third-order valence-corrected chi connectivity index (χ3v) is 2.53. The first-order valence-electron chi connectivity index (χ1n) is 5.61. The van der Waals surface area contributed by atoms with Crippen molar-refractivity contribution in [3.8, 4) is 5.69 Å². The summed E-state index contributed by atoms with van der Waals surface area (Å²) in [5.41, 5.74) is 0.422. The van der Waals surface area contributed by atoms with Gasteiger partial charge in [-0.3, -0.25) is 14.2 Å². The molecular weight excluding hydrogens is 228 g/mol. The molecule has 0 fully saturated rings. The molecule has 18 heavy (non-hydrogen) atoms. The van der Waals surface area contributed by atoms with Crippen LogP contribution in [0.2, 0.25) is 0 Å². The maximum absolute atomic E-state index is 12.0. The lowest BCUT2D eigenvalue weighted by atomic mass is 10.3. The third kappa shape index (κ3) is 2.32. The number of hydrogen-bond donors (Lipinski definition) is 0. The molecule has 0 spiro atoms. The second-order valence-electron chi connectivity index (χ2n) is 4.20. The van der Waals surface area contributed by atoms with E-state index in [0.29, 0.717) is 12.2 Å². The molecule has 0 N–H and O–H groups in total. The molecule has 1 heterocycles. The number of aromatic nitrogens is 2. The van der Waals surface area contributed by atoms with Crippen LogP contribution in [0.15, 0.2) is 64.5 Å². The molecule has 0 amide bonds. The third-order valence-electron chi connectivity index (χ3n) is 2.53. The maximum Gasteiger partial charge on any atom is 0.320 e. The molecule has 0 aliphatic heterocycles. The summed E-state index contributed by atoms with van der Waals surface area (Å²) in [6.07, 6.45) is 3.20. The standard InChI is InChI=1S/C14H14N2O2/c1-11(2)10-15-8-9-16(14(18)13(15)17)12-6-4-3-5-7-12/h3-9H,1,10H2,2H3. The van der Waals surface area contributed by atoms with Gasteiger partial charge in [-0.1, -0.05) is 30.4 Å². The Morgan fingerprint density at radius 1 is 1.11 bits per heavy atom. The molecule has 0 radical (unpaired) electrons. The first-order chi connectivity index (χ1) is 8.59. The van der Waals surface area contributed by atoms with Crippen LogP contribution in [-0.2, 0) is 6.54 Å². The van der Waals surface area contributed by atoms with E-state index in [4.69, 9.17) is 0 Å². The molecule has 0 bridgehead atoms. The lowest BCUT2D eigenvalue weighted by Crippen LogP contribution is -2.40. The summed E-state index contributed by atoms with van der Waals surface area (Å²) in [7, 11) is 0. The van der Waals surface area contributed by atoms with Crippen molar-refractivity contribution >= 4 is 0 Å². The number of para-hydroxylation sites is 1. The number of rotatable bonds is 3. The van der Waals surface area contributed by atoms with Gasteiger partial charge in [-0.25, -0.2) is 0 Å². The van der Waals surface area contributed by atoms with Crippen LogP contribution in [0, 0.1) is 0 Å². The highest BCUT2D eigenvalue weighted by atomic mass is 16.2. The van der Waals surface area contributed by atoms with E-state index < -0.39 is 11.1 Å². The molecule has 0 saturated heterocycles. The lowest BCUT2D eigenvalue weighted by Gasteiger charge is -2.08. The molecule has 4 heteroatoms. The highest BCUT2D eigenvalue weighted by Gasteiger charge is 2.05. The van der Waals surface area contributed by atoms with E-state index in [9.17, 15) is 9.59 Å². The Labute approximate surface area is 104 Å². The van der Waals surface area contributed by atoms with E-state index in [0.717, 1.165) is 5.57 Å². The van der Waals surface area contributed by atoms with Gasteiger partial charge >= 0.3 is 11.1 Å². The fourth-order valence-corrected chi connectivity index (χ4v) is 1.72. The smallest absolute Gasteiger partial charge is 0.305 e. The second-order valence-corrected chi connectivity index (χ2v) is 4.20. The fourth-order valence-electron chi connectivity index (χ4n) is 1.72. The van der Waals surface area contributed by atoms with Crippen molar-refractivity contribution in [1.29, 1.82) is 0 Å². The van der Waals surface area contributed by atoms with Crippen LogP contribution in [-0.4, -0.2) is 9.13 Å². The van der Waals surface area contributed by atoms with Gasteiger partial charge in [0.2, 0.25) is 0 Å². The average molecular weight is 242 g/mol. The van der Waals surface area contributed by atoms with Gasteiger partial charge in [0.1, 0.15) is 0 Å². The summed E-state index contributed by atoms with van der Waals surface area (Å²) in [6.45, 7) is 5.91. The van der Waals surface area contributed by atoms with E-state index in [1.54, 1.807) is 24.5 Å². The zero-order valence-corrected chi connectivity index (χ0v) is 10.2. The Hall–Kier alpha value is -2.36. The topological polar surface area (TPSA) is 44.0 Å². The van der Waals surface area contributed by atoms with Crippen LogP contribution >= 0.6 is 0 Å². The molecule has 0 aliphatic carbocycles. The van der Waals surface area contributed by atoms with Gasteiger partial charge in [0.05, 0.1) is 0 Å². The fraction of sp³-hybridized carbons (Fsp3) is 0.143. The van der Waals surface area contributed by atoms with Crippen LogP contribution in [0.4, 0.5) is 0 Å². The minimum absolute atomic E-state index is 0.365. The molecule has 0 saturated carbocycles. The number of benzene rings is 1. The van der Waals surface area contributed by atoms with E-state index >= 15 is 0 Å². The molecule has 2 aromatic rings. The van der Waals surface area contributed by atoms with E-state index in [2.05, 4.69) is 6.58 Å². The van der Waals surface area contributed by atoms with E-state index in [1.807, 2.05) is 25.1 Å². The van der Waals surface area contributed by atoms with Crippen molar-refractivity contribution in [2.45, 2.75) is 13.5 Å². The quantitative estimate of drug-likeness (QED) is 0.606. The maximum atomic E-state index is 12.0. The number of allylic oxidation sites excluding steroid dienone is 1. The van der Waals surface area contributed by atoms with Gasteiger partial charge in [0.25, 0.3) is 0 Å². The molecule has 1 aromatic heterocycles. The van der Waals surface area contributed by atoms with Gasteiger partial charge in [0, 0.05) is 24.6 Å². The predicted octanol–water partition coefficient (Wildman–Crippen LogP) is 1.58. The predicted molar refractivity (Wildman–Crippen MR) is 71.1 cm³/mol. The van der Waals surface area contributed by atoms with Gasteiger partial charge < -0.3 is 4.57 Å². The van der Waals surface area contributed by atoms with Gasteiger partial charge in [0.15, 0.2) is 0 Å². The Bertz CT molecular complexity index is 681. The zero-order chi connectivity index (χ0) is 13.1. The van der Waals surface area contributed by atoms with Crippen LogP contribution < -0.4 is 11.1 Å². The Morgan fingerprint density at radius 2 is 1.78 bits per heavy atom. The van der Waals surface area contributed by atoms with Crippen molar-refractivity contribution in [2.75, 3.05) is 0 Å². The minimum atomic E-state index is -0.551. The van der Waals surface area contributed by atoms with E-state index in [-0.39, 0.29) is 0 Å². The van der Waals surface area contributed by atoms with Crippen molar-refractivity contribution in [1.82, 2.24) is 9.13 Å². The van der Waals surface area contributed by atoms with Crippen LogP contribution in [0.3, 0.4) is 0 Å². The van der Waals surface area contributed by atoms with Crippen molar-refractivity contribution < 1.29 is 0 Å². The average Bonchev–Trinajstić information content (AvgIpc) is 2.36. The molecule has 0 unspecified atom stereocenters. The first kappa shape index (κ1) is 12.1. The summed E-state index contributed by atoms with van der Waals surface area (Å²) in [5.74, 6) is 0. The highest BCUT2D eigenvalue weighted by Crippen LogP contribution is 2.02. The number of hydrogen-bond acceptors (Lipinski definition) is 2. The molecule has 2 rings (SSSR count). The Morgan fingerprint density at radius 3 is 2.39 bits per heavy atom. The SMILES string of the molecule is C=C(C)Cn1ccn(-c2ccccc2)c(=O)c1=O. The molecular formula is C14H14N2O2. The molecule has 92 valence electrons. The van der Waals surface area contributed by atoms with Crippen LogP contribution in [0.1, 0.15) is 6.92 Å². The largest absolute Gasteiger partial charge is 0.320 e. The normalized spacial score (nSPS) is 10.3. The monoisotopic (exact) mass is 242 g/mol. The number of nitrogens with zero attached hydrogens (tertiary/aromatic N) is 2. The summed E-state index contributed by atoms with van der Waals surface area (Å²) in [6, 6.07) is 9.06. The van der Waals surface area contributed by atoms with Crippen LogP contribution in [0.5, 0.6) is 0 Å². The first-order valence-corrected chi connectivity index (χ1v) is 5.61. The Kier molecular flexibility index (Phi) is 3.28.